The molecular formula is C15H12ClNO2. The first-order chi connectivity index (χ1) is 9.08. The Bertz CT molecular complexity index is 783. The summed E-state index contributed by atoms with van der Waals surface area (Å²) in [5, 5.41) is 1.44. The fourth-order valence-electron chi connectivity index (χ4n) is 2.31. The quantitative estimate of drug-likeness (QED) is 0.709. The number of hydrogen-bond donors (Lipinski definition) is 1. The molecule has 3 aromatic rings. The Hall–Kier alpha value is -2.00. The Morgan fingerprint density at radius 2 is 2.05 bits per heavy atom. The summed E-state index contributed by atoms with van der Waals surface area (Å²) >= 11 is 6.10. The van der Waals surface area contributed by atoms with Crippen LogP contribution in [0.4, 0.5) is 0 Å². The van der Waals surface area contributed by atoms with E-state index in [2.05, 4.69) is 4.98 Å². The number of aryl methyl sites for hydroxylation is 2. The molecule has 0 atom stereocenters. The highest BCUT2D eigenvalue weighted by atomic mass is 35.5. The van der Waals surface area contributed by atoms with E-state index in [-0.39, 0.29) is 5.78 Å². The van der Waals surface area contributed by atoms with Crippen molar-refractivity contribution in [2.75, 3.05) is 0 Å². The topological polar surface area (TPSA) is 46.0 Å². The van der Waals surface area contributed by atoms with Crippen molar-refractivity contribution in [1.29, 1.82) is 0 Å². The summed E-state index contributed by atoms with van der Waals surface area (Å²) in [6.07, 6.45) is 1.70. The lowest BCUT2D eigenvalue weighted by atomic mass is 10.0. The number of rotatable bonds is 2. The molecule has 0 radical (unpaired) electrons. The van der Waals surface area contributed by atoms with E-state index >= 15 is 0 Å². The van der Waals surface area contributed by atoms with Gasteiger partial charge in [0.05, 0.1) is 16.1 Å². The number of H-pyrrole nitrogens is 1. The van der Waals surface area contributed by atoms with Crippen LogP contribution in [0.3, 0.4) is 0 Å². The molecule has 0 aliphatic heterocycles. The van der Waals surface area contributed by atoms with E-state index in [1.165, 1.54) is 0 Å². The number of benzene rings is 1. The SMILES string of the molecule is Cc1cc(C(=O)c2c[nH]c3c(Cl)cccc23)c(C)o1. The fraction of sp³-hybridized carbons (Fsp3) is 0.133. The second-order valence-electron chi connectivity index (χ2n) is 4.52. The second kappa shape index (κ2) is 4.28. The second-order valence-corrected chi connectivity index (χ2v) is 4.93. The van der Waals surface area contributed by atoms with Crippen molar-refractivity contribution in [2.45, 2.75) is 13.8 Å². The van der Waals surface area contributed by atoms with Crippen LogP contribution in [-0.2, 0) is 0 Å². The predicted octanol–water partition coefficient (Wildman–Crippen LogP) is 4.26. The van der Waals surface area contributed by atoms with E-state index in [1.807, 2.05) is 19.1 Å². The van der Waals surface area contributed by atoms with Gasteiger partial charge in [-0.2, -0.15) is 0 Å². The molecule has 1 aromatic carbocycles. The van der Waals surface area contributed by atoms with Crippen molar-refractivity contribution in [1.82, 2.24) is 4.98 Å². The van der Waals surface area contributed by atoms with Crippen LogP contribution in [0, 0.1) is 13.8 Å². The number of fused-ring (bicyclic) bond motifs is 1. The number of carbonyl (C=O) groups excluding carboxylic acids is 1. The predicted molar refractivity (Wildman–Crippen MR) is 74.9 cm³/mol. The number of para-hydroxylation sites is 1. The number of nitrogens with one attached hydrogen (secondary N) is 1. The van der Waals surface area contributed by atoms with Crippen molar-refractivity contribution < 1.29 is 9.21 Å². The molecule has 3 nitrogen and oxygen atoms in total. The molecular weight excluding hydrogens is 262 g/mol. The highest BCUT2D eigenvalue weighted by Crippen LogP contribution is 2.28. The Balaban J connectivity index is 2.17. The molecule has 96 valence electrons. The molecule has 2 heterocycles. The highest BCUT2D eigenvalue weighted by Gasteiger charge is 2.19. The summed E-state index contributed by atoms with van der Waals surface area (Å²) in [6, 6.07) is 7.28. The summed E-state index contributed by atoms with van der Waals surface area (Å²) in [7, 11) is 0. The number of ketones is 1. The van der Waals surface area contributed by atoms with Gasteiger partial charge in [0.1, 0.15) is 11.5 Å². The van der Waals surface area contributed by atoms with E-state index in [0.29, 0.717) is 21.9 Å². The van der Waals surface area contributed by atoms with Crippen LogP contribution >= 0.6 is 11.6 Å². The summed E-state index contributed by atoms with van der Waals surface area (Å²) < 4.78 is 5.41. The minimum atomic E-state index is -0.0529. The zero-order valence-electron chi connectivity index (χ0n) is 10.6. The normalized spacial score (nSPS) is 11.1. The van der Waals surface area contributed by atoms with Crippen molar-refractivity contribution in [3.8, 4) is 0 Å². The van der Waals surface area contributed by atoms with Crippen molar-refractivity contribution in [2.24, 2.45) is 0 Å². The number of aromatic nitrogens is 1. The Labute approximate surface area is 115 Å². The molecule has 0 saturated carbocycles. The Kier molecular flexibility index (Phi) is 2.72. The van der Waals surface area contributed by atoms with Crippen molar-refractivity contribution in [3.05, 3.63) is 58.1 Å². The average molecular weight is 274 g/mol. The van der Waals surface area contributed by atoms with Gasteiger partial charge in [0.15, 0.2) is 5.78 Å². The van der Waals surface area contributed by atoms with Gasteiger partial charge in [-0.3, -0.25) is 4.79 Å². The summed E-state index contributed by atoms with van der Waals surface area (Å²) in [5.74, 6) is 1.32. The standard InChI is InChI=1S/C15H12ClNO2/c1-8-6-11(9(2)19-8)15(18)12-7-17-14-10(12)4-3-5-13(14)16/h3-7,17H,1-2H3. The number of halogens is 1. The van der Waals surface area contributed by atoms with Gasteiger partial charge < -0.3 is 9.40 Å². The van der Waals surface area contributed by atoms with Gasteiger partial charge >= 0.3 is 0 Å². The lowest BCUT2D eigenvalue weighted by Gasteiger charge is -1.98. The minimum Gasteiger partial charge on any atom is -0.466 e. The third-order valence-corrected chi connectivity index (χ3v) is 3.51. The van der Waals surface area contributed by atoms with Crippen LogP contribution < -0.4 is 0 Å². The summed E-state index contributed by atoms with van der Waals surface area (Å²) in [5.41, 5.74) is 1.99. The molecule has 0 unspecified atom stereocenters. The van der Waals surface area contributed by atoms with Gasteiger partial charge in [-0.15, -0.1) is 0 Å². The Morgan fingerprint density at radius 1 is 1.26 bits per heavy atom. The maximum absolute atomic E-state index is 12.5. The summed E-state index contributed by atoms with van der Waals surface area (Å²) in [4.78, 5) is 15.6. The van der Waals surface area contributed by atoms with E-state index in [9.17, 15) is 4.79 Å². The van der Waals surface area contributed by atoms with E-state index < -0.39 is 0 Å². The molecule has 0 aliphatic rings. The largest absolute Gasteiger partial charge is 0.466 e. The first-order valence-electron chi connectivity index (χ1n) is 5.95. The van der Waals surface area contributed by atoms with Crippen LogP contribution in [0.15, 0.2) is 34.9 Å². The van der Waals surface area contributed by atoms with Crippen LogP contribution in [0.2, 0.25) is 5.02 Å². The maximum Gasteiger partial charge on any atom is 0.198 e. The van der Waals surface area contributed by atoms with E-state index in [1.54, 1.807) is 25.3 Å². The number of carbonyl (C=O) groups is 1. The first-order valence-corrected chi connectivity index (χ1v) is 6.33. The molecule has 0 fully saturated rings. The van der Waals surface area contributed by atoms with Gasteiger partial charge in [-0.25, -0.2) is 0 Å². The first kappa shape index (κ1) is 12.1. The smallest absolute Gasteiger partial charge is 0.198 e. The van der Waals surface area contributed by atoms with Gasteiger partial charge in [0.2, 0.25) is 0 Å². The fourth-order valence-corrected chi connectivity index (χ4v) is 2.54. The van der Waals surface area contributed by atoms with E-state index in [4.69, 9.17) is 16.0 Å². The molecule has 2 aromatic heterocycles. The number of furan rings is 1. The lowest BCUT2D eigenvalue weighted by molar-refractivity contribution is 0.103. The average Bonchev–Trinajstić information content (AvgIpc) is 2.93. The zero-order valence-corrected chi connectivity index (χ0v) is 11.3. The zero-order chi connectivity index (χ0) is 13.6. The van der Waals surface area contributed by atoms with Crippen LogP contribution in [0.25, 0.3) is 10.9 Å². The van der Waals surface area contributed by atoms with Gasteiger partial charge in [-0.05, 0) is 26.0 Å². The van der Waals surface area contributed by atoms with Crippen molar-refractivity contribution in [3.63, 3.8) is 0 Å². The van der Waals surface area contributed by atoms with Crippen LogP contribution in [0.5, 0.6) is 0 Å². The molecule has 0 saturated heterocycles. The van der Waals surface area contributed by atoms with Gasteiger partial charge in [0, 0.05) is 17.1 Å². The summed E-state index contributed by atoms with van der Waals surface area (Å²) in [6.45, 7) is 3.62. The lowest BCUT2D eigenvalue weighted by Crippen LogP contribution is -2.00. The van der Waals surface area contributed by atoms with Crippen LogP contribution in [0.1, 0.15) is 27.4 Å². The maximum atomic E-state index is 12.5. The molecule has 19 heavy (non-hydrogen) atoms. The van der Waals surface area contributed by atoms with Crippen molar-refractivity contribution >= 4 is 28.3 Å². The van der Waals surface area contributed by atoms with Gasteiger partial charge in [-0.1, -0.05) is 23.7 Å². The minimum absolute atomic E-state index is 0.0529. The molecule has 0 spiro atoms. The molecule has 0 amide bonds. The highest BCUT2D eigenvalue weighted by molar-refractivity contribution is 6.35. The third-order valence-electron chi connectivity index (χ3n) is 3.19. The Morgan fingerprint density at radius 3 is 2.74 bits per heavy atom. The molecule has 3 rings (SSSR count). The number of hydrogen-bond acceptors (Lipinski definition) is 2. The molecule has 4 heteroatoms. The third kappa shape index (κ3) is 1.87. The monoisotopic (exact) mass is 273 g/mol. The molecule has 1 N–H and O–H groups in total. The molecule has 0 bridgehead atoms. The number of aromatic amines is 1. The van der Waals surface area contributed by atoms with Gasteiger partial charge in [0.25, 0.3) is 0 Å². The van der Waals surface area contributed by atoms with Crippen LogP contribution in [-0.4, -0.2) is 10.8 Å². The van der Waals surface area contributed by atoms with E-state index in [0.717, 1.165) is 16.7 Å². The molecule has 0 aliphatic carbocycles.